The summed E-state index contributed by atoms with van der Waals surface area (Å²) in [5.41, 5.74) is 0. The van der Waals surface area contributed by atoms with Crippen LogP contribution in [0.4, 0.5) is 0 Å². The van der Waals surface area contributed by atoms with Gasteiger partial charge < -0.3 is 24.6 Å². The minimum absolute atomic E-state index is 0.165. The van der Waals surface area contributed by atoms with Crippen molar-refractivity contribution in [2.24, 2.45) is 0 Å². The van der Waals surface area contributed by atoms with Gasteiger partial charge in [0.15, 0.2) is 0 Å². The van der Waals surface area contributed by atoms with Crippen molar-refractivity contribution in [3.8, 4) is 11.5 Å². The van der Waals surface area contributed by atoms with Crippen LogP contribution >= 0.6 is 0 Å². The second-order valence-electron chi connectivity index (χ2n) is 4.17. The van der Waals surface area contributed by atoms with E-state index in [9.17, 15) is 9.90 Å². The maximum Gasteiger partial charge on any atom is 0.306 e. The molecule has 0 aliphatic heterocycles. The Morgan fingerprint density at radius 3 is 2.80 bits per heavy atom. The summed E-state index contributed by atoms with van der Waals surface area (Å²) in [6.07, 6.45) is -0.376. The van der Waals surface area contributed by atoms with E-state index in [2.05, 4.69) is 10.1 Å². The van der Waals surface area contributed by atoms with Gasteiger partial charge in [0, 0.05) is 19.2 Å². The highest BCUT2D eigenvalue weighted by Gasteiger charge is 2.06. The third-order valence-corrected chi connectivity index (χ3v) is 2.60. The summed E-state index contributed by atoms with van der Waals surface area (Å²) in [6, 6.07) is 7.17. The zero-order valence-corrected chi connectivity index (χ0v) is 11.8. The third kappa shape index (κ3) is 6.40. The average Bonchev–Trinajstić information content (AvgIpc) is 2.49. The minimum Gasteiger partial charge on any atom is -0.497 e. The highest BCUT2D eigenvalue weighted by Crippen LogP contribution is 2.18. The molecule has 0 radical (unpaired) electrons. The van der Waals surface area contributed by atoms with Gasteiger partial charge >= 0.3 is 5.97 Å². The molecule has 0 aliphatic rings. The highest BCUT2D eigenvalue weighted by molar-refractivity contribution is 5.69. The van der Waals surface area contributed by atoms with Crippen LogP contribution in [-0.2, 0) is 9.53 Å². The second kappa shape index (κ2) is 9.17. The van der Waals surface area contributed by atoms with Gasteiger partial charge in [-0.2, -0.15) is 0 Å². The standard InChI is InChI=1S/C14H21NO5/c1-18-12-4-3-5-13(8-12)20-10-11(16)9-15-7-6-14(17)19-2/h3-5,8,11,15-16H,6-7,9-10H2,1-2H3. The monoisotopic (exact) mass is 283 g/mol. The van der Waals surface area contributed by atoms with Gasteiger partial charge in [-0.15, -0.1) is 0 Å². The van der Waals surface area contributed by atoms with Gasteiger partial charge in [-0.25, -0.2) is 0 Å². The summed E-state index contributed by atoms with van der Waals surface area (Å²) in [7, 11) is 2.93. The van der Waals surface area contributed by atoms with Crippen molar-refractivity contribution in [1.29, 1.82) is 0 Å². The number of carbonyl (C=O) groups is 1. The van der Waals surface area contributed by atoms with Gasteiger partial charge in [0.05, 0.1) is 20.6 Å². The summed E-state index contributed by atoms with van der Waals surface area (Å²) in [4.78, 5) is 10.9. The van der Waals surface area contributed by atoms with Crippen molar-refractivity contribution in [2.75, 3.05) is 33.9 Å². The fourth-order valence-electron chi connectivity index (χ4n) is 1.50. The van der Waals surface area contributed by atoms with Gasteiger partial charge in [-0.3, -0.25) is 4.79 Å². The molecule has 6 nitrogen and oxygen atoms in total. The lowest BCUT2D eigenvalue weighted by Crippen LogP contribution is -2.32. The van der Waals surface area contributed by atoms with E-state index in [4.69, 9.17) is 9.47 Å². The van der Waals surface area contributed by atoms with Crippen molar-refractivity contribution >= 4 is 5.97 Å². The molecule has 0 saturated heterocycles. The SMILES string of the molecule is COC(=O)CCNCC(O)COc1cccc(OC)c1. The van der Waals surface area contributed by atoms with E-state index in [1.54, 1.807) is 19.2 Å². The van der Waals surface area contributed by atoms with Crippen LogP contribution in [0.5, 0.6) is 11.5 Å². The number of ether oxygens (including phenoxy) is 3. The van der Waals surface area contributed by atoms with Crippen molar-refractivity contribution in [3.05, 3.63) is 24.3 Å². The molecule has 0 fully saturated rings. The number of hydrogen-bond donors (Lipinski definition) is 2. The van der Waals surface area contributed by atoms with Crippen molar-refractivity contribution in [1.82, 2.24) is 5.32 Å². The van der Waals surface area contributed by atoms with Crippen molar-refractivity contribution in [2.45, 2.75) is 12.5 Å². The molecule has 2 N–H and O–H groups in total. The van der Waals surface area contributed by atoms with Crippen LogP contribution in [-0.4, -0.2) is 51.1 Å². The fourth-order valence-corrected chi connectivity index (χ4v) is 1.50. The fraction of sp³-hybridized carbons (Fsp3) is 0.500. The number of rotatable bonds is 9. The van der Waals surface area contributed by atoms with Crippen LogP contribution in [0, 0.1) is 0 Å². The maximum atomic E-state index is 10.9. The summed E-state index contributed by atoms with van der Waals surface area (Å²) in [6.45, 7) is 0.974. The number of carbonyl (C=O) groups excluding carboxylic acids is 1. The van der Waals surface area contributed by atoms with E-state index in [0.29, 0.717) is 24.6 Å². The van der Waals surface area contributed by atoms with Crippen molar-refractivity contribution < 1.29 is 24.1 Å². The Morgan fingerprint density at radius 1 is 1.35 bits per heavy atom. The highest BCUT2D eigenvalue weighted by atomic mass is 16.5. The molecule has 0 saturated carbocycles. The van der Waals surface area contributed by atoms with E-state index >= 15 is 0 Å². The Labute approximate surface area is 118 Å². The lowest BCUT2D eigenvalue weighted by Gasteiger charge is -2.13. The minimum atomic E-state index is -0.654. The van der Waals surface area contributed by atoms with E-state index < -0.39 is 6.10 Å². The number of esters is 1. The van der Waals surface area contributed by atoms with Gasteiger partial charge in [-0.05, 0) is 12.1 Å². The topological polar surface area (TPSA) is 77.0 Å². The Hall–Kier alpha value is -1.79. The Bertz CT molecular complexity index is 410. The Kier molecular flexibility index (Phi) is 7.46. The Balaban J connectivity index is 2.19. The molecular weight excluding hydrogens is 262 g/mol. The average molecular weight is 283 g/mol. The first-order chi connectivity index (χ1) is 9.65. The normalized spacial score (nSPS) is 11.8. The van der Waals surface area contributed by atoms with Gasteiger partial charge in [-0.1, -0.05) is 6.07 Å². The van der Waals surface area contributed by atoms with Crippen LogP contribution in [0.1, 0.15) is 6.42 Å². The molecule has 1 rings (SSSR count). The zero-order chi connectivity index (χ0) is 14.8. The lowest BCUT2D eigenvalue weighted by molar-refractivity contribution is -0.140. The van der Waals surface area contributed by atoms with Crippen LogP contribution in [0.3, 0.4) is 0 Å². The smallest absolute Gasteiger partial charge is 0.306 e. The number of hydrogen-bond acceptors (Lipinski definition) is 6. The molecule has 0 bridgehead atoms. The molecule has 1 aromatic rings. The van der Waals surface area contributed by atoms with Crippen molar-refractivity contribution in [3.63, 3.8) is 0 Å². The number of aliphatic hydroxyl groups excluding tert-OH is 1. The third-order valence-electron chi connectivity index (χ3n) is 2.60. The first kappa shape index (κ1) is 16.3. The molecule has 112 valence electrons. The molecule has 1 aromatic carbocycles. The number of benzene rings is 1. The van der Waals surface area contributed by atoms with E-state index in [-0.39, 0.29) is 19.0 Å². The summed E-state index contributed by atoms with van der Waals surface area (Å²) in [5, 5.41) is 12.7. The number of nitrogens with one attached hydrogen (secondary N) is 1. The van der Waals surface area contributed by atoms with Crippen LogP contribution in [0.15, 0.2) is 24.3 Å². The van der Waals surface area contributed by atoms with Gasteiger partial charge in [0.1, 0.15) is 24.2 Å². The lowest BCUT2D eigenvalue weighted by atomic mass is 10.3. The quantitative estimate of drug-likeness (QED) is 0.510. The molecule has 0 aliphatic carbocycles. The van der Waals surface area contributed by atoms with Gasteiger partial charge in [0.2, 0.25) is 0 Å². The van der Waals surface area contributed by atoms with E-state index in [1.165, 1.54) is 7.11 Å². The van der Waals surface area contributed by atoms with E-state index in [0.717, 1.165) is 0 Å². The molecule has 0 aromatic heterocycles. The van der Waals surface area contributed by atoms with Crippen LogP contribution < -0.4 is 14.8 Å². The zero-order valence-electron chi connectivity index (χ0n) is 11.8. The maximum absolute atomic E-state index is 10.9. The molecule has 0 spiro atoms. The first-order valence-corrected chi connectivity index (χ1v) is 6.38. The predicted molar refractivity (Wildman–Crippen MR) is 74.0 cm³/mol. The number of aliphatic hydroxyl groups is 1. The summed E-state index contributed by atoms with van der Waals surface area (Å²) >= 11 is 0. The molecule has 20 heavy (non-hydrogen) atoms. The van der Waals surface area contributed by atoms with E-state index in [1.807, 2.05) is 12.1 Å². The first-order valence-electron chi connectivity index (χ1n) is 6.38. The number of methoxy groups -OCH3 is 2. The summed E-state index contributed by atoms with van der Waals surface area (Å²) in [5.74, 6) is 1.06. The molecule has 1 unspecified atom stereocenters. The molecule has 0 amide bonds. The molecule has 6 heteroatoms. The van der Waals surface area contributed by atoms with Crippen LogP contribution in [0.25, 0.3) is 0 Å². The summed E-state index contributed by atoms with van der Waals surface area (Å²) < 4.78 is 15.0. The second-order valence-corrected chi connectivity index (χ2v) is 4.17. The predicted octanol–water partition coefficient (Wildman–Crippen LogP) is 0.588. The molecule has 0 heterocycles. The van der Waals surface area contributed by atoms with Crippen LogP contribution in [0.2, 0.25) is 0 Å². The molecule has 1 atom stereocenters. The Morgan fingerprint density at radius 2 is 2.10 bits per heavy atom. The van der Waals surface area contributed by atoms with Gasteiger partial charge in [0.25, 0.3) is 0 Å². The molecular formula is C14H21NO5. The largest absolute Gasteiger partial charge is 0.497 e.